The molecule has 0 aliphatic heterocycles. The van der Waals surface area contributed by atoms with Gasteiger partial charge in [0, 0.05) is 23.1 Å². The van der Waals surface area contributed by atoms with Crippen molar-refractivity contribution < 1.29 is 9.50 Å². The minimum absolute atomic E-state index is 0.188. The molecule has 0 amide bonds. The van der Waals surface area contributed by atoms with Gasteiger partial charge in [0.25, 0.3) is 0 Å². The van der Waals surface area contributed by atoms with Crippen LogP contribution in [0.2, 0.25) is 0 Å². The summed E-state index contributed by atoms with van der Waals surface area (Å²) in [5, 5.41) is 9.16. The molecule has 0 bridgehead atoms. The largest absolute Gasteiger partial charge is 0.393 e. The van der Waals surface area contributed by atoms with Crippen molar-refractivity contribution in [2.75, 3.05) is 13.6 Å². The van der Waals surface area contributed by atoms with Crippen LogP contribution in [0.25, 0.3) is 0 Å². The Kier molecular flexibility index (Phi) is 5.38. The molecular formula is C12H17BrFNO. The molecule has 0 radical (unpaired) electrons. The summed E-state index contributed by atoms with van der Waals surface area (Å²) < 4.78 is 14.3. The molecule has 1 rings (SSSR count). The van der Waals surface area contributed by atoms with Gasteiger partial charge in [0.05, 0.1) is 6.10 Å². The van der Waals surface area contributed by atoms with Gasteiger partial charge in [-0.2, -0.15) is 0 Å². The van der Waals surface area contributed by atoms with Crippen molar-refractivity contribution in [2.24, 2.45) is 0 Å². The molecule has 0 heterocycles. The number of aliphatic hydroxyl groups is 1. The molecule has 1 atom stereocenters. The molecule has 1 aromatic carbocycles. The van der Waals surface area contributed by atoms with Crippen LogP contribution in [0.15, 0.2) is 22.7 Å². The quantitative estimate of drug-likeness (QED) is 0.901. The monoisotopic (exact) mass is 289 g/mol. The zero-order chi connectivity index (χ0) is 12.1. The van der Waals surface area contributed by atoms with Crippen LogP contribution in [0, 0.1) is 5.82 Å². The van der Waals surface area contributed by atoms with Crippen molar-refractivity contribution in [2.45, 2.75) is 26.0 Å². The number of hydrogen-bond acceptors (Lipinski definition) is 2. The molecule has 0 saturated heterocycles. The summed E-state index contributed by atoms with van der Waals surface area (Å²) in [6.07, 6.45) is 0.390. The Morgan fingerprint density at radius 2 is 2.19 bits per heavy atom. The van der Waals surface area contributed by atoms with Gasteiger partial charge in [-0.25, -0.2) is 4.39 Å². The topological polar surface area (TPSA) is 23.5 Å². The van der Waals surface area contributed by atoms with E-state index in [9.17, 15) is 4.39 Å². The Labute approximate surface area is 104 Å². The Bertz CT molecular complexity index is 344. The maximum atomic E-state index is 13.4. The molecule has 0 fully saturated rings. The predicted molar refractivity (Wildman–Crippen MR) is 66.7 cm³/mol. The lowest BCUT2D eigenvalue weighted by atomic mass is 10.2. The molecule has 0 aromatic heterocycles. The minimum atomic E-state index is -0.310. The highest BCUT2D eigenvalue weighted by Crippen LogP contribution is 2.16. The van der Waals surface area contributed by atoms with Gasteiger partial charge in [-0.05, 0) is 38.6 Å². The lowest BCUT2D eigenvalue weighted by Gasteiger charge is -2.18. The highest BCUT2D eigenvalue weighted by molar-refractivity contribution is 9.10. The Hall–Kier alpha value is -0.450. The van der Waals surface area contributed by atoms with Crippen LogP contribution in [-0.2, 0) is 6.54 Å². The van der Waals surface area contributed by atoms with Crippen LogP contribution in [0.1, 0.15) is 18.9 Å². The summed E-state index contributed by atoms with van der Waals surface area (Å²) in [5.41, 5.74) is 0.669. The zero-order valence-corrected chi connectivity index (χ0v) is 11.2. The number of hydrogen-bond donors (Lipinski definition) is 1. The second-order valence-corrected chi connectivity index (χ2v) is 5.03. The van der Waals surface area contributed by atoms with Crippen LogP contribution in [-0.4, -0.2) is 29.7 Å². The Morgan fingerprint density at radius 1 is 1.50 bits per heavy atom. The lowest BCUT2D eigenvalue weighted by Crippen LogP contribution is -2.22. The molecule has 1 N–H and O–H groups in total. The van der Waals surface area contributed by atoms with E-state index in [1.54, 1.807) is 19.1 Å². The van der Waals surface area contributed by atoms with Crippen molar-refractivity contribution in [3.05, 3.63) is 34.1 Å². The van der Waals surface area contributed by atoms with Crippen molar-refractivity contribution in [1.29, 1.82) is 0 Å². The summed E-state index contributed by atoms with van der Waals surface area (Å²) in [6.45, 7) is 3.06. The second kappa shape index (κ2) is 6.33. The van der Waals surface area contributed by atoms with Crippen LogP contribution in [0.3, 0.4) is 0 Å². The molecule has 1 aromatic rings. The van der Waals surface area contributed by atoms with E-state index in [1.807, 2.05) is 11.9 Å². The standard InChI is InChI=1S/C12H17BrFNO/c1-9(16)5-6-15(2)8-10-7-11(13)3-4-12(10)14/h3-4,7,9,16H,5-6,8H2,1-2H3. The van der Waals surface area contributed by atoms with Crippen LogP contribution in [0.4, 0.5) is 4.39 Å². The Morgan fingerprint density at radius 3 is 2.81 bits per heavy atom. The third-order valence-electron chi connectivity index (χ3n) is 2.38. The number of aliphatic hydroxyl groups excluding tert-OH is 1. The van der Waals surface area contributed by atoms with Crippen molar-refractivity contribution in [3.63, 3.8) is 0 Å². The summed E-state index contributed by atoms with van der Waals surface area (Å²) in [4.78, 5) is 2.00. The average molecular weight is 290 g/mol. The third kappa shape index (κ3) is 4.60. The van der Waals surface area contributed by atoms with E-state index in [1.165, 1.54) is 6.07 Å². The molecule has 0 aliphatic carbocycles. The van der Waals surface area contributed by atoms with Crippen molar-refractivity contribution in [3.8, 4) is 0 Å². The van der Waals surface area contributed by atoms with E-state index in [0.29, 0.717) is 18.5 Å². The van der Waals surface area contributed by atoms with Crippen molar-refractivity contribution in [1.82, 2.24) is 4.90 Å². The first-order valence-electron chi connectivity index (χ1n) is 5.29. The Balaban J connectivity index is 2.55. The molecule has 0 aliphatic rings. The number of halogens is 2. The molecule has 90 valence electrons. The molecule has 4 heteroatoms. The first-order chi connectivity index (χ1) is 7.49. The summed E-state index contributed by atoms with van der Waals surface area (Å²) >= 11 is 3.32. The minimum Gasteiger partial charge on any atom is -0.393 e. The molecule has 0 saturated carbocycles. The van der Waals surface area contributed by atoms with Gasteiger partial charge in [0.1, 0.15) is 5.82 Å². The van der Waals surface area contributed by atoms with E-state index in [2.05, 4.69) is 15.9 Å². The average Bonchev–Trinajstić information content (AvgIpc) is 2.20. The molecule has 2 nitrogen and oxygen atoms in total. The first-order valence-corrected chi connectivity index (χ1v) is 6.09. The lowest BCUT2D eigenvalue weighted by molar-refractivity contribution is 0.162. The molecular weight excluding hydrogens is 273 g/mol. The van der Waals surface area contributed by atoms with E-state index >= 15 is 0 Å². The van der Waals surface area contributed by atoms with Crippen LogP contribution < -0.4 is 0 Å². The van der Waals surface area contributed by atoms with Gasteiger partial charge < -0.3 is 10.0 Å². The fourth-order valence-electron chi connectivity index (χ4n) is 1.44. The smallest absolute Gasteiger partial charge is 0.127 e. The normalized spacial score (nSPS) is 13.1. The predicted octanol–water partition coefficient (Wildman–Crippen LogP) is 2.79. The van der Waals surface area contributed by atoms with Gasteiger partial charge in [-0.3, -0.25) is 0 Å². The first kappa shape index (κ1) is 13.6. The van der Waals surface area contributed by atoms with Crippen LogP contribution in [0.5, 0.6) is 0 Å². The van der Waals surface area contributed by atoms with Gasteiger partial charge in [-0.15, -0.1) is 0 Å². The highest BCUT2D eigenvalue weighted by Gasteiger charge is 2.07. The fraction of sp³-hybridized carbons (Fsp3) is 0.500. The molecule has 0 spiro atoms. The number of benzene rings is 1. The van der Waals surface area contributed by atoms with Crippen molar-refractivity contribution >= 4 is 15.9 Å². The van der Waals surface area contributed by atoms with Crippen LogP contribution >= 0.6 is 15.9 Å². The fourth-order valence-corrected chi connectivity index (χ4v) is 1.85. The van der Waals surface area contributed by atoms with E-state index < -0.39 is 0 Å². The zero-order valence-electron chi connectivity index (χ0n) is 9.58. The van der Waals surface area contributed by atoms with Gasteiger partial charge in [0.2, 0.25) is 0 Å². The maximum Gasteiger partial charge on any atom is 0.127 e. The van der Waals surface area contributed by atoms with E-state index in [-0.39, 0.29) is 11.9 Å². The van der Waals surface area contributed by atoms with E-state index in [4.69, 9.17) is 5.11 Å². The number of nitrogens with zero attached hydrogens (tertiary/aromatic N) is 1. The van der Waals surface area contributed by atoms with Gasteiger partial charge in [-0.1, -0.05) is 15.9 Å². The van der Waals surface area contributed by atoms with E-state index in [0.717, 1.165) is 11.0 Å². The number of rotatable bonds is 5. The third-order valence-corrected chi connectivity index (χ3v) is 2.87. The second-order valence-electron chi connectivity index (χ2n) is 4.11. The highest BCUT2D eigenvalue weighted by atomic mass is 79.9. The summed E-state index contributed by atoms with van der Waals surface area (Å²) in [6, 6.07) is 4.94. The van der Waals surface area contributed by atoms with Gasteiger partial charge in [0.15, 0.2) is 0 Å². The maximum absolute atomic E-state index is 13.4. The molecule has 1 unspecified atom stereocenters. The molecule has 16 heavy (non-hydrogen) atoms. The summed E-state index contributed by atoms with van der Waals surface area (Å²) in [7, 11) is 1.92. The summed E-state index contributed by atoms with van der Waals surface area (Å²) in [5.74, 6) is -0.188. The van der Waals surface area contributed by atoms with Gasteiger partial charge >= 0.3 is 0 Å². The SMILES string of the molecule is CC(O)CCN(C)Cc1cc(Br)ccc1F.